The molecule has 2 rings (SSSR count). The van der Waals surface area contributed by atoms with Gasteiger partial charge in [-0.3, -0.25) is 4.79 Å². The summed E-state index contributed by atoms with van der Waals surface area (Å²) in [6.45, 7) is 2.30. The van der Waals surface area contributed by atoms with Crippen LogP contribution in [-0.2, 0) is 9.53 Å². The lowest BCUT2D eigenvalue weighted by Crippen LogP contribution is -2.47. The predicted octanol–water partition coefficient (Wildman–Crippen LogP) is 1.14. The van der Waals surface area contributed by atoms with E-state index in [1.807, 2.05) is 4.90 Å². The summed E-state index contributed by atoms with van der Waals surface area (Å²) in [6.07, 6.45) is 6.46. The van der Waals surface area contributed by atoms with E-state index in [9.17, 15) is 4.79 Å². The molecule has 2 aliphatic rings. The van der Waals surface area contributed by atoms with Crippen LogP contribution in [0.25, 0.3) is 0 Å². The summed E-state index contributed by atoms with van der Waals surface area (Å²) in [5, 5.41) is 0. The van der Waals surface area contributed by atoms with Gasteiger partial charge in [0.15, 0.2) is 0 Å². The minimum Gasteiger partial charge on any atom is -0.380 e. The molecule has 0 bridgehead atoms. The van der Waals surface area contributed by atoms with Crippen molar-refractivity contribution in [3.05, 3.63) is 0 Å². The molecule has 0 aromatic carbocycles. The molecular formula is C13H24N2O2. The van der Waals surface area contributed by atoms with Gasteiger partial charge in [-0.2, -0.15) is 0 Å². The van der Waals surface area contributed by atoms with Crippen molar-refractivity contribution in [2.45, 2.75) is 44.6 Å². The van der Waals surface area contributed by atoms with Crippen LogP contribution in [0.1, 0.15) is 38.5 Å². The monoisotopic (exact) mass is 240 g/mol. The molecule has 1 heterocycles. The van der Waals surface area contributed by atoms with Crippen molar-refractivity contribution < 1.29 is 9.53 Å². The van der Waals surface area contributed by atoms with Crippen molar-refractivity contribution in [2.24, 2.45) is 11.1 Å². The largest absolute Gasteiger partial charge is 0.380 e. The molecule has 0 aromatic heterocycles. The van der Waals surface area contributed by atoms with Crippen LogP contribution < -0.4 is 5.73 Å². The fourth-order valence-corrected chi connectivity index (χ4v) is 2.92. The number of ether oxygens (including phenoxy) is 1. The summed E-state index contributed by atoms with van der Waals surface area (Å²) in [4.78, 5) is 14.2. The van der Waals surface area contributed by atoms with Crippen molar-refractivity contribution >= 4 is 5.91 Å². The summed E-state index contributed by atoms with van der Waals surface area (Å²) in [7, 11) is 1.73. The molecule has 98 valence electrons. The molecule has 17 heavy (non-hydrogen) atoms. The molecule has 0 aromatic rings. The second kappa shape index (κ2) is 5.36. The number of rotatable bonds is 4. The molecule has 1 aliphatic carbocycles. The zero-order chi connectivity index (χ0) is 12.3. The number of hydrogen-bond donors (Lipinski definition) is 1. The number of carbonyl (C=O) groups excluding carboxylic acids is 1. The number of methoxy groups -OCH3 is 1. The summed E-state index contributed by atoms with van der Waals surface area (Å²) >= 11 is 0. The third-order valence-electron chi connectivity index (χ3n) is 4.44. The molecule has 4 nitrogen and oxygen atoms in total. The third-order valence-corrected chi connectivity index (χ3v) is 4.44. The van der Waals surface area contributed by atoms with Gasteiger partial charge in [-0.25, -0.2) is 0 Å². The molecule has 4 heteroatoms. The highest BCUT2D eigenvalue weighted by Crippen LogP contribution is 2.43. The highest BCUT2D eigenvalue weighted by atomic mass is 16.5. The lowest BCUT2D eigenvalue weighted by atomic mass is 9.66. The molecule has 1 saturated heterocycles. The highest BCUT2D eigenvalue weighted by molar-refractivity contribution is 5.77. The second-order valence-electron chi connectivity index (χ2n) is 5.57. The summed E-state index contributed by atoms with van der Waals surface area (Å²) in [6, 6.07) is 0. The quantitative estimate of drug-likeness (QED) is 0.802. The van der Waals surface area contributed by atoms with E-state index in [0.717, 1.165) is 38.8 Å². The van der Waals surface area contributed by atoms with Crippen LogP contribution in [0.2, 0.25) is 0 Å². The van der Waals surface area contributed by atoms with E-state index in [2.05, 4.69) is 0 Å². The van der Waals surface area contributed by atoms with Crippen LogP contribution in [0.3, 0.4) is 0 Å². The lowest BCUT2D eigenvalue weighted by molar-refractivity contribution is -0.138. The maximum absolute atomic E-state index is 12.2. The van der Waals surface area contributed by atoms with Gasteiger partial charge in [0.05, 0.1) is 6.10 Å². The van der Waals surface area contributed by atoms with E-state index in [4.69, 9.17) is 10.5 Å². The molecule has 1 amide bonds. The van der Waals surface area contributed by atoms with Crippen LogP contribution in [0, 0.1) is 5.41 Å². The van der Waals surface area contributed by atoms with Crippen molar-refractivity contribution in [1.29, 1.82) is 0 Å². The Morgan fingerprint density at radius 3 is 2.76 bits per heavy atom. The Morgan fingerprint density at radius 2 is 2.24 bits per heavy atom. The number of nitrogens with zero attached hydrogens (tertiary/aromatic N) is 1. The van der Waals surface area contributed by atoms with Crippen molar-refractivity contribution in [3.8, 4) is 0 Å². The Bertz CT molecular complexity index is 271. The first kappa shape index (κ1) is 12.8. The first-order valence-corrected chi connectivity index (χ1v) is 6.70. The maximum Gasteiger partial charge on any atom is 0.223 e. The second-order valence-corrected chi connectivity index (χ2v) is 5.57. The standard InChI is InChI=1S/C13H24N2O2/c1-17-11-4-2-7-15(9-11)12(16)8-13(10-14)5-3-6-13/h11H,2-10,14H2,1H3. The van der Waals surface area contributed by atoms with Gasteiger partial charge in [0.25, 0.3) is 0 Å². The SMILES string of the molecule is COC1CCCN(C(=O)CC2(CN)CCC2)C1. The predicted molar refractivity (Wildman–Crippen MR) is 66.6 cm³/mol. The fraction of sp³-hybridized carbons (Fsp3) is 0.923. The minimum absolute atomic E-state index is 0.122. The molecule has 1 unspecified atom stereocenters. The topological polar surface area (TPSA) is 55.6 Å². The van der Waals surface area contributed by atoms with E-state index < -0.39 is 0 Å². The zero-order valence-corrected chi connectivity index (χ0v) is 10.8. The Morgan fingerprint density at radius 1 is 1.47 bits per heavy atom. The Labute approximate surface area is 103 Å². The van der Waals surface area contributed by atoms with E-state index in [-0.39, 0.29) is 17.4 Å². The van der Waals surface area contributed by atoms with Crippen LogP contribution in [0.15, 0.2) is 0 Å². The normalized spacial score (nSPS) is 27.6. The minimum atomic E-state index is 0.122. The lowest BCUT2D eigenvalue weighted by Gasteiger charge is -2.42. The molecule has 1 saturated carbocycles. The molecule has 1 atom stereocenters. The van der Waals surface area contributed by atoms with Gasteiger partial charge < -0.3 is 15.4 Å². The molecule has 0 spiro atoms. The van der Waals surface area contributed by atoms with E-state index in [1.165, 1.54) is 6.42 Å². The summed E-state index contributed by atoms with van der Waals surface area (Å²) < 4.78 is 5.35. The Hall–Kier alpha value is -0.610. The first-order chi connectivity index (χ1) is 8.19. The van der Waals surface area contributed by atoms with Crippen LogP contribution in [0.5, 0.6) is 0 Å². The van der Waals surface area contributed by atoms with Crippen molar-refractivity contribution in [2.75, 3.05) is 26.7 Å². The number of hydrogen-bond acceptors (Lipinski definition) is 3. The van der Waals surface area contributed by atoms with Crippen molar-refractivity contribution in [3.63, 3.8) is 0 Å². The van der Waals surface area contributed by atoms with Gasteiger partial charge in [-0.05, 0) is 37.6 Å². The number of amides is 1. The van der Waals surface area contributed by atoms with Gasteiger partial charge in [-0.1, -0.05) is 6.42 Å². The summed E-state index contributed by atoms with van der Waals surface area (Å²) in [5.41, 5.74) is 5.93. The molecular weight excluding hydrogens is 216 g/mol. The Kier molecular flexibility index (Phi) is 4.05. The van der Waals surface area contributed by atoms with E-state index in [1.54, 1.807) is 7.11 Å². The smallest absolute Gasteiger partial charge is 0.223 e. The maximum atomic E-state index is 12.2. The van der Waals surface area contributed by atoms with E-state index >= 15 is 0 Å². The third kappa shape index (κ3) is 2.80. The van der Waals surface area contributed by atoms with Crippen LogP contribution >= 0.6 is 0 Å². The van der Waals surface area contributed by atoms with Gasteiger partial charge in [-0.15, -0.1) is 0 Å². The zero-order valence-electron chi connectivity index (χ0n) is 10.8. The highest BCUT2D eigenvalue weighted by Gasteiger charge is 2.39. The number of carbonyl (C=O) groups is 1. The van der Waals surface area contributed by atoms with Crippen molar-refractivity contribution in [1.82, 2.24) is 4.90 Å². The molecule has 2 N–H and O–H groups in total. The van der Waals surface area contributed by atoms with Gasteiger partial charge in [0, 0.05) is 26.6 Å². The van der Waals surface area contributed by atoms with Crippen LogP contribution in [-0.4, -0.2) is 43.7 Å². The fourth-order valence-electron chi connectivity index (χ4n) is 2.92. The van der Waals surface area contributed by atoms with E-state index in [0.29, 0.717) is 13.0 Å². The Balaban J connectivity index is 1.86. The van der Waals surface area contributed by atoms with Gasteiger partial charge >= 0.3 is 0 Å². The summed E-state index contributed by atoms with van der Waals surface area (Å²) in [5.74, 6) is 0.275. The first-order valence-electron chi connectivity index (χ1n) is 6.70. The van der Waals surface area contributed by atoms with Gasteiger partial charge in [0.1, 0.15) is 0 Å². The molecule has 2 fully saturated rings. The molecule has 1 aliphatic heterocycles. The van der Waals surface area contributed by atoms with Gasteiger partial charge in [0.2, 0.25) is 5.91 Å². The number of nitrogens with two attached hydrogens (primary N) is 1. The average molecular weight is 240 g/mol. The molecule has 0 radical (unpaired) electrons. The number of likely N-dealkylation sites (tertiary alicyclic amines) is 1. The van der Waals surface area contributed by atoms with Crippen LogP contribution in [0.4, 0.5) is 0 Å². The number of piperidine rings is 1. The average Bonchev–Trinajstić information content (AvgIpc) is 2.33.